The van der Waals surface area contributed by atoms with Crippen LogP contribution in [0.1, 0.15) is 10.4 Å². The van der Waals surface area contributed by atoms with E-state index in [1.54, 1.807) is 6.20 Å². The van der Waals surface area contributed by atoms with Crippen LogP contribution >= 0.6 is 22.9 Å². The predicted octanol–water partition coefficient (Wildman–Crippen LogP) is 2.65. The van der Waals surface area contributed by atoms with Crippen molar-refractivity contribution in [2.45, 2.75) is 6.42 Å². The van der Waals surface area contributed by atoms with Crippen LogP contribution in [0.3, 0.4) is 0 Å². The number of aromatic nitrogens is 1. The Kier molecular flexibility index (Phi) is 5.07. The molecule has 0 bridgehead atoms. The van der Waals surface area contributed by atoms with Crippen molar-refractivity contribution in [3.8, 4) is 0 Å². The largest absolute Gasteiger partial charge is 0.323 e. The molecule has 0 saturated carbocycles. The molecule has 0 aliphatic carbocycles. The SMILES string of the molecule is O=C(Nc1ncc(Cc2ccccc2Cl)s1)N1CCS(=O)(=O)CC1. The van der Waals surface area contributed by atoms with Gasteiger partial charge in [0.05, 0.1) is 11.5 Å². The van der Waals surface area contributed by atoms with Gasteiger partial charge in [-0.3, -0.25) is 5.32 Å². The van der Waals surface area contributed by atoms with E-state index in [9.17, 15) is 13.2 Å². The van der Waals surface area contributed by atoms with E-state index in [-0.39, 0.29) is 30.6 Å². The molecular weight excluding hydrogens is 370 g/mol. The van der Waals surface area contributed by atoms with Crippen LogP contribution in [0, 0.1) is 0 Å². The minimum Gasteiger partial charge on any atom is -0.322 e. The first-order valence-corrected chi connectivity index (χ1v) is 10.4. The molecule has 1 aliphatic heterocycles. The number of carbonyl (C=O) groups is 1. The quantitative estimate of drug-likeness (QED) is 0.880. The molecule has 2 amide bonds. The summed E-state index contributed by atoms with van der Waals surface area (Å²) in [5.41, 5.74) is 1.00. The highest BCUT2D eigenvalue weighted by Gasteiger charge is 2.25. The number of nitrogens with one attached hydrogen (secondary N) is 1. The van der Waals surface area contributed by atoms with E-state index >= 15 is 0 Å². The Morgan fingerprint density at radius 1 is 1.29 bits per heavy atom. The van der Waals surface area contributed by atoms with Crippen molar-refractivity contribution in [3.05, 3.63) is 45.9 Å². The zero-order valence-electron chi connectivity index (χ0n) is 12.7. The van der Waals surface area contributed by atoms with Gasteiger partial charge in [-0.1, -0.05) is 29.8 Å². The summed E-state index contributed by atoms with van der Waals surface area (Å²) in [6, 6.07) is 7.28. The van der Waals surface area contributed by atoms with Gasteiger partial charge in [0, 0.05) is 35.6 Å². The first-order chi connectivity index (χ1) is 11.4. The first kappa shape index (κ1) is 17.2. The van der Waals surface area contributed by atoms with Crippen LogP contribution in [0.5, 0.6) is 0 Å². The van der Waals surface area contributed by atoms with Crippen molar-refractivity contribution >= 4 is 43.9 Å². The van der Waals surface area contributed by atoms with Crippen LogP contribution < -0.4 is 5.32 Å². The lowest BCUT2D eigenvalue weighted by Crippen LogP contribution is -2.45. The van der Waals surface area contributed by atoms with Crippen LogP contribution in [-0.2, 0) is 16.3 Å². The molecule has 24 heavy (non-hydrogen) atoms. The molecule has 1 N–H and O–H groups in total. The summed E-state index contributed by atoms with van der Waals surface area (Å²) in [6.07, 6.45) is 2.36. The van der Waals surface area contributed by atoms with Gasteiger partial charge >= 0.3 is 6.03 Å². The van der Waals surface area contributed by atoms with Gasteiger partial charge in [-0.25, -0.2) is 18.2 Å². The number of hydrogen-bond donors (Lipinski definition) is 1. The molecule has 3 rings (SSSR count). The van der Waals surface area contributed by atoms with Crippen LogP contribution in [0.25, 0.3) is 0 Å². The van der Waals surface area contributed by atoms with Crippen molar-refractivity contribution in [1.29, 1.82) is 0 Å². The third-order valence-electron chi connectivity index (χ3n) is 3.72. The summed E-state index contributed by atoms with van der Waals surface area (Å²) in [6.45, 7) is 0.429. The Bertz CT molecular complexity index is 837. The number of benzene rings is 1. The average Bonchev–Trinajstić information content (AvgIpc) is 2.96. The van der Waals surface area contributed by atoms with E-state index in [1.165, 1.54) is 16.2 Å². The van der Waals surface area contributed by atoms with Gasteiger partial charge < -0.3 is 4.90 Å². The second-order valence-electron chi connectivity index (χ2n) is 5.47. The average molecular weight is 386 g/mol. The number of carbonyl (C=O) groups excluding carboxylic acids is 1. The standard InChI is InChI=1S/C15H16ClN3O3S2/c16-13-4-2-1-3-11(13)9-12-10-17-14(23-12)18-15(20)19-5-7-24(21,22)8-6-19/h1-4,10H,5-9H2,(H,17,18,20). The van der Waals surface area contributed by atoms with Gasteiger partial charge in [-0.05, 0) is 11.6 Å². The van der Waals surface area contributed by atoms with Crippen molar-refractivity contribution in [3.63, 3.8) is 0 Å². The molecule has 1 aliphatic rings. The smallest absolute Gasteiger partial charge is 0.322 e. The molecule has 1 fully saturated rings. The molecule has 6 nitrogen and oxygen atoms in total. The zero-order chi connectivity index (χ0) is 17.2. The molecule has 0 unspecified atom stereocenters. The van der Waals surface area contributed by atoms with Gasteiger partial charge in [-0.15, -0.1) is 11.3 Å². The van der Waals surface area contributed by atoms with Crippen LogP contribution in [0.15, 0.2) is 30.5 Å². The normalized spacial score (nSPS) is 16.8. The third-order valence-corrected chi connectivity index (χ3v) is 6.61. The second-order valence-corrected chi connectivity index (χ2v) is 9.29. The Balaban J connectivity index is 1.60. The molecule has 9 heteroatoms. The molecule has 1 saturated heterocycles. The highest BCUT2D eigenvalue weighted by molar-refractivity contribution is 7.91. The molecular formula is C15H16ClN3O3S2. The Morgan fingerprint density at radius 3 is 2.71 bits per heavy atom. The van der Waals surface area contributed by atoms with Gasteiger partial charge in [0.1, 0.15) is 0 Å². The summed E-state index contributed by atoms with van der Waals surface area (Å²) in [5, 5.41) is 3.92. The number of anilines is 1. The number of rotatable bonds is 3. The highest BCUT2D eigenvalue weighted by Crippen LogP contribution is 2.25. The molecule has 2 heterocycles. The van der Waals surface area contributed by atoms with Crippen molar-refractivity contribution in [1.82, 2.24) is 9.88 Å². The van der Waals surface area contributed by atoms with Crippen molar-refractivity contribution < 1.29 is 13.2 Å². The number of sulfone groups is 1. The van der Waals surface area contributed by atoms with E-state index in [4.69, 9.17) is 11.6 Å². The summed E-state index contributed by atoms with van der Waals surface area (Å²) in [5.74, 6) is 0.0199. The number of hydrogen-bond acceptors (Lipinski definition) is 5. The Morgan fingerprint density at radius 2 is 2.00 bits per heavy atom. The van der Waals surface area contributed by atoms with E-state index < -0.39 is 9.84 Å². The van der Waals surface area contributed by atoms with Gasteiger partial charge in [0.25, 0.3) is 0 Å². The molecule has 0 spiro atoms. The topological polar surface area (TPSA) is 79.4 Å². The molecule has 1 aromatic heterocycles. The zero-order valence-corrected chi connectivity index (χ0v) is 15.1. The number of amides is 2. The third kappa shape index (κ3) is 4.25. The Hall–Kier alpha value is -1.64. The maximum absolute atomic E-state index is 12.2. The van der Waals surface area contributed by atoms with Crippen LogP contribution in [0.4, 0.5) is 9.93 Å². The molecule has 0 radical (unpaired) electrons. The summed E-state index contributed by atoms with van der Waals surface area (Å²) >= 11 is 7.53. The minimum atomic E-state index is -3.00. The van der Waals surface area contributed by atoms with Crippen LogP contribution in [-0.4, -0.2) is 48.9 Å². The van der Waals surface area contributed by atoms with Gasteiger partial charge in [0.2, 0.25) is 0 Å². The monoisotopic (exact) mass is 385 g/mol. The van der Waals surface area contributed by atoms with Crippen molar-refractivity contribution in [2.24, 2.45) is 0 Å². The maximum Gasteiger partial charge on any atom is 0.323 e. The number of thiazole rings is 1. The minimum absolute atomic E-state index is 0.00997. The molecule has 1 aromatic carbocycles. The van der Waals surface area contributed by atoms with E-state index in [0.29, 0.717) is 16.6 Å². The highest BCUT2D eigenvalue weighted by atomic mass is 35.5. The lowest BCUT2D eigenvalue weighted by molar-refractivity contribution is 0.216. The first-order valence-electron chi connectivity index (χ1n) is 7.37. The Labute approximate surface area is 149 Å². The fourth-order valence-electron chi connectivity index (χ4n) is 2.36. The lowest BCUT2D eigenvalue weighted by Gasteiger charge is -2.26. The predicted molar refractivity (Wildman–Crippen MR) is 95.6 cm³/mol. The summed E-state index contributed by atoms with van der Waals surface area (Å²) in [7, 11) is -3.00. The second kappa shape index (κ2) is 7.08. The van der Waals surface area contributed by atoms with Gasteiger partial charge in [0.15, 0.2) is 15.0 Å². The van der Waals surface area contributed by atoms with E-state index in [1.807, 2.05) is 24.3 Å². The van der Waals surface area contributed by atoms with Crippen molar-refractivity contribution in [2.75, 3.05) is 29.9 Å². The maximum atomic E-state index is 12.2. The number of nitrogens with zero attached hydrogens (tertiary/aromatic N) is 2. The number of halogens is 1. The van der Waals surface area contributed by atoms with Gasteiger partial charge in [-0.2, -0.15) is 0 Å². The van der Waals surface area contributed by atoms with E-state index in [2.05, 4.69) is 10.3 Å². The van der Waals surface area contributed by atoms with E-state index in [0.717, 1.165) is 10.4 Å². The summed E-state index contributed by atoms with van der Waals surface area (Å²) < 4.78 is 22.8. The molecule has 0 atom stereocenters. The van der Waals surface area contributed by atoms with Crippen LogP contribution in [0.2, 0.25) is 5.02 Å². The fraction of sp³-hybridized carbons (Fsp3) is 0.333. The summed E-state index contributed by atoms with van der Waals surface area (Å²) in [4.78, 5) is 18.9. The molecule has 128 valence electrons. The lowest BCUT2D eigenvalue weighted by atomic mass is 10.1. The number of urea groups is 1. The fourth-order valence-corrected chi connectivity index (χ4v) is 4.59. The molecule has 2 aromatic rings.